The van der Waals surface area contributed by atoms with Crippen LogP contribution >= 0.6 is 0 Å². The van der Waals surface area contributed by atoms with E-state index in [9.17, 15) is 5.11 Å². The Kier molecular flexibility index (Phi) is 5.26. The lowest BCUT2D eigenvalue weighted by atomic mass is 9.98. The molecule has 1 unspecified atom stereocenters. The molecule has 1 fully saturated rings. The van der Waals surface area contributed by atoms with E-state index in [2.05, 4.69) is 4.90 Å². The Bertz CT molecular complexity index is 421. The SMILES string of the molecule is CC1(O)CCCN(CCCOc2cccc(N)c2)CC1. The fraction of sp³-hybridized carbons (Fsp3) is 0.625. The highest BCUT2D eigenvalue weighted by molar-refractivity contribution is 5.43. The van der Waals surface area contributed by atoms with Crippen molar-refractivity contribution in [2.75, 3.05) is 32.0 Å². The number of nitrogens with two attached hydrogens (primary N) is 1. The van der Waals surface area contributed by atoms with Gasteiger partial charge in [0.2, 0.25) is 0 Å². The molecular weight excluding hydrogens is 252 g/mol. The second-order valence-corrected chi connectivity index (χ2v) is 5.97. The Hall–Kier alpha value is -1.26. The van der Waals surface area contributed by atoms with Crippen LogP contribution in [0.25, 0.3) is 0 Å². The highest BCUT2D eigenvalue weighted by Gasteiger charge is 2.24. The second kappa shape index (κ2) is 6.95. The first-order valence-corrected chi connectivity index (χ1v) is 7.48. The molecular formula is C16H26N2O2. The van der Waals surface area contributed by atoms with Crippen molar-refractivity contribution in [2.24, 2.45) is 0 Å². The van der Waals surface area contributed by atoms with E-state index in [0.29, 0.717) is 6.61 Å². The molecule has 1 saturated heterocycles. The topological polar surface area (TPSA) is 58.7 Å². The first-order valence-electron chi connectivity index (χ1n) is 7.48. The van der Waals surface area contributed by atoms with Crippen molar-refractivity contribution in [3.8, 4) is 5.75 Å². The average molecular weight is 278 g/mol. The van der Waals surface area contributed by atoms with Crippen molar-refractivity contribution in [3.63, 3.8) is 0 Å². The van der Waals surface area contributed by atoms with E-state index >= 15 is 0 Å². The number of rotatable bonds is 5. The number of likely N-dealkylation sites (tertiary alicyclic amines) is 1. The van der Waals surface area contributed by atoms with Crippen LogP contribution in [0.1, 0.15) is 32.6 Å². The monoisotopic (exact) mass is 278 g/mol. The summed E-state index contributed by atoms with van der Waals surface area (Å²) in [6, 6.07) is 7.54. The van der Waals surface area contributed by atoms with Crippen molar-refractivity contribution in [3.05, 3.63) is 24.3 Å². The molecule has 20 heavy (non-hydrogen) atoms. The van der Waals surface area contributed by atoms with E-state index in [1.807, 2.05) is 31.2 Å². The minimum atomic E-state index is -0.479. The molecule has 2 rings (SSSR count). The summed E-state index contributed by atoms with van der Waals surface area (Å²) in [6.07, 6.45) is 3.84. The van der Waals surface area contributed by atoms with Gasteiger partial charge in [0.15, 0.2) is 0 Å². The minimum Gasteiger partial charge on any atom is -0.493 e. The van der Waals surface area contributed by atoms with E-state index in [4.69, 9.17) is 10.5 Å². The molecule has 1 atom stereocenters. The third kappa shape index (κ3) is 5.02. The molecule has 0 spiro atoms. The van der Waals surface area contributed by atoms with Crippen LogP contribution in [0.15, 0.2) is 24.3 Å². The Balaban J connectivity index is 1.66. The predicted molar refractivity (Wildman–Crippen MR) is 81.9 cm³/mol. The van der Waals surface area contributed by atoms with Gasteiger partial charge in [0.25, 0.3) is 0 Å². The van der Waals surface area contributed by atoms with E-state index in [1.165, 1.54) is 0 Å². The lowest BCUT2D eigenvalue weighted by molar-refractivity contribution is 0.0445. The number of ether oxygens (including phenoxy) is 1. The normalized spacial score (nSPS) is 24.3. The van der Waals surface area contributed by atoms with Crippen molar-refractivity contribution < 1.29 is 9.84 Å². The Morgan fingerprint density at radius 2 is 2.20 bits per heavy atom. The summed E-state index contributed by atoms with van der Waals surface area (Å²) in [5.41, 5.74) is 5.96. The Morgan fingerprint density at radius 3 is 3.00 bits per heavy atom. The molecule has 4 heteroatoms. The fourth-order valence-electron chi connectivity index (χ4n) is 2.63. The smallest absolute Gasteiger partial charge is 0.121 e. The highest BCUT2D eigenvalue weighted by atomic mass is 16.5. The summed E-state index contributed by atoms with van der Waals surface area (Å²) in [5.74, 6) is 0.837. The van der Waals surface area contributed by atoms with Gasteiger partial charge in [-0.3, -0.25) is 0 Å². The number of aliphatic hydroxyl groups is 1. The molecule has 0 radical (unpaired) electrons. The third-order valence-corrected chi connectivity index (χ3v) is 3.90. The molecule has 0 saturated carbocycles. The molecule has 1 aliphatic heterocycles. The number of anilines is 1. The highest BCUT2D eigenvalue weighted by Crippen LogP contribution is 2.21. The maximum atomic E-state index is 10.1. The standard InChI is InChI=1S/C16H26N2O2/c1-16(19)7-3-9-18(11-8-16)10-4-12-20-15-6-2-5-14(17)13-15/h2,5-6,13,19H,3-4,7-12,17H2,1H3. The van der Waals surface area contributed by atoms with E-state index in [1.54, 1.807) is 0 Å². The van der Waals surface area contributed by atoms with Gasteiger partial charge in [-0.15, -0.1) is 0 Å². The van der Waals surface area contributed by atoms with Crippen LogP contribution in [-0.2, 0) is 0 Å². The number of benzene rings is 1. The molecule has 1 heterocycles. The minimum absolute atomic E-state index is 0.479. The van der Waals surface area contributed by atoms with Crippen LogP contribution in [0.3, 0.4) is 0 Å². The fourth-order valence-corrected chi connectivity index (χ4v) is 2.63. The summed E-state index contributed by atoms with van der Waals surface area (Å²) in [5, 5.41) is 10.1. The van der Waals surface area contributed by atoms with Crippen molar-refractivity contribution in [1.29, 1.82) is 0 Å². The largest absolute Gasteiger partial charge is 0.493 e. The van der Waals surface area contributed by atoms with Crippen molar-refractivity contribution >= 4 is 5.69 Å². The zero-order valence-electron chi connectivity index (χ0n) is 12.3. The van der Waals surface area contributed by atoms with Crippen LogP contribution in [0.2, 0.25) is 0 Å². The van der Waals surface area contributed by atoms with Crippen molar-refractivity contribution in [1.82, 2.24) is 4.90 Å². The van der Waals surface area contributed by atoms with Gasteiger partial charge < -0.3 is 20.5 Å². The Labute approximate surface area is 121 Å². The Morgan fingerprint density at radius 1 is 1.35 bits per heavy atom. The summed E-state index contributed by atoms with van der Waals surface area (Å²) in [6.45, 7) is 5.73. The molecule has 112 valence electrons. The van der Waals surface area contributed by atoms with E-state index in [0.717, 1.165) is 56.8 Å². The molecule has 0 aromatic heterocycles. The average Bonchev–Trinajstić information content (AvgIpc) is 2.56. The van der Waals surface area contributed by atoms with Gasteiger partial charge >= 0.3 is 0 Å². The van der Waals surface area contributed by atoms with Gasteiger partial charge in [-0.1, -0.05) is 6.07 Å². The van der Waals surface area contributed by atoms with Crippen LogP contribution in [0.5, 0.6) is 5.75 Å². The lowest BCUT2D eigenvalue weighted by Gasteiger charge is -2.22. The zero-order valence-corrected chi connectivity index (χ0v) is 12.3. The maximum absolute atomic E-state index is 10.1. The zero-order chi connectivity index (χ0) is 14.4. The summed E-state index contributed by atoms with van der Waals surface area (Å²) < 4.78 is 5.69. The van der Waals surface area contributed by atoms with Crippen molar-refractivity contribution in [2.45, 2.75) is 38.2 Å². The molecule has 1 aliphatic rings. The van der Waals surface area contributed by atoms with Gasteiger partial charge in [-0.05, 0) is 51.3 Å². The molecule has 0 amide bonds. The number of nitrogen functional groups attached to an aromatic ring is 1. The number of hydrogen-bond acceptors (Lipinski definition) is 4. The summed E-state index contributed by atoms with van der Waals surface area (Å²) in [4.78, 5) is 2.42. The quantitative estimate of drug-likeness (QED) is 0.641. The van der Waals surface area contributed by atoms with Gasteiger partial charge in [0, 0.05) is 24.8 Å². The lowest BCUT2D eigenvalue weighted by Crippen LogP contribution is -2.29. The van der Waals surface area contributed by atoms with Gasteiger partial charge in [0.05, 0.1) is 12.2 Å². The molecule has 1 aromatic rings. The molecule has 3 N–H and O–H groups in total. The number of hydrogen-bond donors (Lipinski definition) is 2. The first kappa shape index (κ1) is 15.1. The third-order valence-electron chi connectivity index (χ3n) is 3.90. The predicted octanol–water partition coefficient (Wildman–Crippen LogP) is 2.27. The maximum Gasteiger partial charge on any atom is 0.121 e. The number of nitrogens with zero attached hydrogens (tertiary/aromatic N) is 1. The van der Waals surface area contributed by atoms with Gasteiger partial charge in [0.1, 0.15) is 5.75 Å². The van der Waals surface area contributed by atoms with Crippen LogP contribution in [0, 0.1) is 0 Å². The molecule has 4 nitrogen and oxygen atoms in total. The van der Waals surface area contributed by atoms with E-state index < -0.39 is 5.60 Å². The van der Waals surface area contributed by atoms with E-state index in [-0.39, 0.29) is 0 Å². The molecule has 1 aromatic carbocycles. The second-order valence-electron chi connectivity index (χ2n) is 5.97. The van der Waals surface area contributed by atoms with Crippen LogP contribution in [-0.4, -0.2) is 41.8 Å². The van der Waals surface area contributed by atoms with Gasteiger partial charge in [-0.2, -0.15) is 0 Å². The van der Waals surface area contributed by atoms with Gasteiger partial charge in [-0.25, -0.2) is 0 Å². The summed E-state index contributed by atoms with van der Waals surface area (Å²) in [7, 11) is 0. The molecule has 0 bridgehead atoms. The molecule has 0 aliphatic carbocycles. The van der Waals surface area contributed by atoms with Crippen LogP contribution < -0.4 is 10.5 Å². The first-order chi connectivity index (χ1) is 9.55. The summed E-state index contributed by atoms with van der Waals surface area (Å²) >= 11 is 0. The van der Waals surface area contributed by atoms with Crippen LogP contribution in [0.4, 0.5) is 5.69 Å².